The molecule has 1 aromatic rings. The van der Waals surface area contributed by atoms with E-state index in [-0.39, 0.29) is 0 Å². The van der Waals surface area contributed by atoms with Crippen molar-refractivity contribution >= 4 is 6.08 Å². The number of hydrogen-bond donors (Lipinski definition) is 1. The highest BCUT2D eigenvalue weighted by molar-refractivity contribution is 5.49. The molecule has 0 aliphatic rings. The summed E-state index contributed by atoms with van der Waals surface area (Å²) < 4.78 is 0. The first kappa shape index (κ1) is 6.87. The summed E-state index contributed by atoms with van der Waals surface area (Å²) in [5, 5.41) is 8.87. The normalized spacial score (nSPS) is 11.5. The molecule has 1 N–H and O–H groups in total. The van der Waals surface area contributed by atoms with Gasteiger partial charge in [0, 0.05) is 0 Å². The SMILES string of the molecule is CC(O)=Cc1ccccc1. The van der Waals surface area contributed by atoms with E-state index in [0.717, 1.165) is 5.56 Å². The van der Waals surface area contributed by atoms with E-state index in [0.29, 0.717) is 5.76 Å². The van der Waals surface area contributed by atoms with Gasteiger partial charge in [-0.2, -0.15) is 0 Å². The standard InChI is InChI=1S/C9H10O/c1-8(10)7-9-5-3-2-4-6-9/h2-7,10H,1H3. The van der Waals surface area contributed by atoms with Crippen molar-refractivity contribution in [3.8, 4) is 0 Å². The Labute approximate surface area is 60.6 Å². The summed E-state index contributed by atoms with van der Waals surface area (Å²) in [6.07, 6.45) is 1.72. The van der Waals surface area contributed by atoms with Crippen molar-refractivity contribution in [1.82, 2.24) is 0 Å². The van der Waals surface area contributed by atoms with Gasteiger partial charge in [0.1, 0.15) is 0 Å². The molecule has 0 spiro atoms. The van der Waals surface area contributed by atoms with E-state index in [4.69, 9.17) is 5.11 Å². The van der Waals surface area contributed by atoms with Crippen molar-refractivity contribution in [3.63, 3.8) is 0 Å². The Balaban J connectivity index is 2.87. The number of hydrogen-bond acceptors (Lipinski definition) is 1. The molecule has 0 aromatic heterocycles. The van der Waals surface area contributed by atoms with Crippen LogP contribution < -0.4 is 0 Å². The molecule has 0 unspecified atom stereocenters. The smallest absolute Gasteiger partial charge is 0.0897 e. The Morgan fingerprint density at radius 2 is 1.90 bits per heavy atom. The zero-order chi connectivity index (χ0) is 7.40. The molecule has 0 heterocycles. The first-order chi connectivity index (χ1) is 4.79. The van der Waals surface area contributed by atoms with Crippen LogP contribution in [0.25, 0.3) is 6.08 Å². The minimum Gasteiger partial charge on any atom is -0.513 e. The number of aliphatic hydroxyl groups is 1. The van der Waals surface area contributed by atoms with Gasteiger partial charge < -0.3 is 5.11 Å². The van der Waals surface area contributed by atoms with Crippen LogP contribution in [-0.4, -0.2) is 5.11 Å². The molecule has 1 aromatic carbocycles. The van der Waals surface area contributed by atoms with Crippen LogP contribution in [0.3, 0.4) is 0 Å². The quantitative estimate of drug-likeness (QED) is 0.585. The van der Waals surface area contributed by atoms with Gasteiger partial charge in [0.05, 0.1) is 5.76 Å². The van der Waals surface area contributed by atoms with Gasteiger partial charge in [-0.15, -0.1) is 0 Å². The van der Waals surface area contributed by atoms with E-state index in [1.165, 1.54) is 0 Å². The van der Waals surface area contributed by atoms with Crippen LogP contribution in [0, 0.1) is 0 Å². The number of benzene rings is 1. The Hall–Kier alpha value is -1.24. The Morgan fingerprint density at radius 1 is 1.30 bits per heavy atom. The molecular weight excluding hydrogens is 124 g/mol. The second kappa shape index (κ2) is 3.06. The molecule has 0 fully saturated rings. The van der Waals surface area contributed by atoms with E-state index >= 15 is 0 Å². The molecule has 52 valence electrons. The Kier molecular flexibility index (Phi) is 2.11. The highest BCUT2D eigenvalue weighted by Gasteiger charge is 1.83. The summed E-state index contributed by atoms with van der Waals surface area (Å²) in [4.78, 5) is 0. The van der Waals surface area contributed by atoms with Gasteiger partial charge in [-0.3, -0.25) is 0 Å². The van der Waals surface area contributed by atoms with Crippen molar-refractivity contribution < 1.29 is 5.11 Å². The van der Waals surface area contributed by atoms with Crippen LogP contribution >= 0.6 is 0 Å². The van der Waals surface area contributed by atoms with E-state index in [1.807, 2.05) is 30.3 Å². The van der Waals surface area contributed by atoms with Crippen LogP contribution in [0.4, 0.5) is 0 Å². The van der Waals surface area contributed by atoms with Crippen LogP contribution in [0.15, 0.2) is 36.1 Å². The average molecular weight is 134 g/mol. The third-order valence-electron chi connectivity index (χ3n) is 1.18. The maximum absolute atomic E-state index is 8.87. The second-order valence-corrected chi connectivity index (χ2v) is 2.20. The lowest BCUT2D eigenvalue weighted by Gasteiger charge is -1.90. The molecule has 0 atom stereocenters. The van der Waals surface area contributed by atoms with Crippen molar-refractivity contribution in [1.29, 1.82) is 0 Å². The van der Waals surface area contributed by atoms with E-state index in [1.54, 1.807) is 13.0 Å². The summed E-state index contributed by atoms with van der Waals surface area (Å²) in [6.45, 7) is 1.66. The largest absolute Gasteiger partial charge is 0.513 e. The fourth-order valence-electron chi connectivity index (χ4n) is 0.790. The predicted molar refractivity (Wildman–Crippen MR) is 42.7 cm³/mol. The van der Waals surface area contributed by atoms with Crippen molar-refractivity contribution in [3.05, 3.63) is 41.7 Å². The van der Waals surface area contributed by atoms with Gasteiger partial charge in [-0.25, -0.2) is 0 Å². The van der Waals surface area contributed by atoms with Gasteiger partial charge in [0.2, 0.25) is 0 Å². The molecule has 0 aliphatic heterocycles. The summed E-state index contributed by atoms with van der Waals surface area (Å²) >= 11 is 0. The second-order valence-electron chi connectivity index (χ2n) is 2.20. The van der Waals surface area contributed by atoms with Crippen molar-refractivity contribution in [2.45, 2.75) is 6.92 Å². The number of aliphatic hydroxyl groups excluding tert-OH is 1. The summed E-state index contributed by atoms with van der Waals surface area (Å²) in [5.41, 5.74) is 1.03. The van der Waals surface area contributed by atoms with Crippen molar-refractivity contribution in [2.75, 3.05) is 0 Å². The van der Waals surface area contributed by atoms with Crippen LogP contribution in [0.5, 0.6) is 0 Å². The predicted octanol–water partition coefficient (Wildman–Crippen LogP) is 2.61. The third-order valence-corrected chi connectivity index (χ3v) is 1.18. The van der Waals surface area contributed by atoms with Gasteiger partial charge in [0.15, 0.2) is 0 Å². The molecule has 0 aliphatic carbocycles. The molecule has 0 saturated heterocycles. The summed E-state index contributed by atoms with van der Waals surface area (Å²) in [6, 6.07) is 9.72. The molecule has 10 heavy (non-hydrogen) atoms. The summed E-state index contributed by atoms with van der Waals surface area (Å²) in [5.74, 6) is 0.339. The van der Waals surface area contributed by atoms with Crippen LogP contribution in [-0.2, 0) is 0 Å². The molecule has 0 saturated carbocycles. The van der Waals surface area contributed by atoms with E-state index in [2.05, 4.69) is 0 Å². The monoisotopic (exact) mass is 134 g/mol. The van der Waals surface area contributed by atoms with Crippen LogP contribution in [0.1, 0.15) is 12.5 Å². The fraction of sp³-hybridized carbons (Fsp3) is 0.111. The minimum absolute atomic E-state index is 0.339. The maximum atomic E-state index is 8.87. The lowest BCUT2D eigenvalue weighted by molar-refractivity contribution is 0.420. The van der Waals surface area contributed by atoms with Gasteiger partial charge >= 0.3 is 0 Å². The van der Waals surface area contributed by atoms with Crippen LogP contribution in [0.2, 0.25) is 0 Å². The zero-order valence-corrected chi connectivity index (χ0v) is 5.91. The number of rotatable bonds is 1. The fourth-order valence-corrected chi connectivity index (χ4v) is 0.790. The molecule has 1 nitrogen and oxygen atoms in total. The first-order valence-electron chi connectivity index (χ1n) is 3.21. The lowest BCUT2D eigenvalue weighted by atomic mass is 10.2. The number of allylic oxidation sites excluding steroid dienone is 1. The van der Waals surface area contributed by atoms with Gasteiger partial charge in [0.25, 0.3) is 0 Å². The Morgan fingerprint density at radius 3 is 2.40 bits per heavy atom. The van der Waals surface area contributed by atoms with Crippen molar-refractivity contribution in [2.24, 2.45) is 0 Å². The maximum Gasteiger partial charge on any atom is 0.0897 e. The zero-order valence-electron chi connectivity index (χ0n) is 5.91. The highest BCUT2D eigenvalue weighted by atomic mass is 16.3. The van der Waals surface area contributed by atoms with E-state index in [9.17, 15) is 0 Å². The minimum atomic E-state index is 0.339. The topological polar surface area (TPSA) is 20.2 Å². The highest BCUT2D eigenvalue weighted by Crippen LogP contribution is 2.02. The molecule has 0 amide bonds. The molecule has 0 radical (unpaired) electrons. The molecular formula is C9H10O. The molecule has 1 rings (SSSR count). The summed E-state index contributed by atoms with van der Waals surface area (Å²) in [7, 11) is 0. The molecule has 1 heteroatoms. The van der Waals surface area contributed by atoms with E-state index < -0.39 is 0 Å². The first-order valence-corrected chi connectivity index (χ1v) is 3.21. The third kappa shape index (κ3) is 1.94. The van der Waals surface area contributed by atoms with Gasteiger partial charge in [-0.1, -0.05) is 30.3 Å². The molecule has 0 bridgehead atoms. The lowest BCUT2D eigenvalue weighted by Crippen LogP contribution is -1.72. The average Bonchev–Trinajstić information content (AvgIpc) is 1.88. The Bertz CT molecular complexity index is 220. The van der Waals surface area contributed by atoms with Gasteiger partial charge in [-0.05, 0) is 18.6 Å².